The zero-order chi connectivity index (χ0) is 30.9. The Kier molecular flexibility index (Phi) is 9.65. The molecule has 0 aliphatic rings. The van der Waals surface area contributed by atoms with Crippen LogP contribution in [0.15, 0.2) is 41.3 Å². The van der Waals surface area contributed by atoms with Crippen LogP contribution in [0, 0.1) is 22.9 Å². The standard InChI is InChI=1S/C32H40F3NO4Si/c1-10-39-28(38)23-18-36(29(30(2,3)4)32(8,9)40-41-31(5,6)7)26-17-25(35)20(15-22(26)27(23)37)12-11-19-13-14-21(33)16-24(19)34/h13-18,29H,10-12H2,1-9H3/t29-/m0/s1. The highest BCUT2D eigenvalue weighted by atomic mass is 28.2. The zero-order valence-corrected chi connectivity index (χ0v) is 26.4. The molecule has 3 rings (SSSR count). The molecule has 0 unspecified atom stereocenters. The molecule has 41 heavy (non-hydrogen) atoms. The summed E-state index contributed by atoms with van der Waals surface area (Å²) in [6.45, 7) is 18.0. The quantitative estimate of drug-likeness (QED) is 0.191. The van der Waals surface area contributed by atoms with Crippen LogP contribution in [0.25, 0.3) is 10.9 Å². The van der Waals surface area contributed by atoms with E-state index in [0.717, 1.165) is 12.1 Å². The third-order valence-corrected chi connectivity index (χ3v) is 7.99. The first-order chi connectivity index (χ1) is 18.9. The summed E-state index contributed by atoms with van der Waals surface area (Å²) in [5.74, 6) is -2.75. The second kappa shape index (κ2) is 12.1. The molecule has 0 amide bonds. The van der Waals surface area contributed by atoms with Crippen LogP contribution in [0.4, 0.5) is 13.2 Å². The molecule has 0 spiro atoms. The van der Waals surface area contributed by atoms with E-state index in [0.29, 0.717) is 5.52 Å². The third-order valence-electron chi connectivity index (χ3n) is 6.75. The molecule has 5 nitrogen and oxygen atoms in total. The van der Waals surface area contributed by atoms with E-state index in [9.17, 15) is 18.4 Å². The van der Waals surface area contributed by atoms with Gasteiger partial charge >= 0.3 is 5.97 Å². The first-order valence-corrected chi connectivity index (χ1v) is 14.7. The molecule has 222 valence electrons. The van der Waals surface area contributed by atoms with Crippen LogP contribution in [0.1, 0.15) is 89.8 Å². The predicted octanol–water partition coefficient (Wildman–Crippen LogP) is 7.60. The molecule has 9 heteroatoms. The van der Waals surface area contributed by atoms with Gasteiger partial charge in [-0.15, -0.1) is 0 Å². The number of ether oxygens (including phenoxy) is 1. The fourth-order valence-corrected chi connectivity index (χ4v) is 5.98. The molecule has 2 aromatic carbocycles. The van der Waals surface area contributed by atoms with Gasteiger partial charge in [0.2, 0.25) is 15.2 Å². The van der Waals surface area contributed by atoms with Crippen LogP contribution in [0.2, 0.25) is 5.04 Å². The Morgan fingerprint density at radius 1 is 0.927 bits per heavy atom. The van der Waals surface area contributed by atoms with Crippen LogP contribution >= 0.6 is 0 Å². The van der Waals surface area contributed by atoms with Gasteiger partial charge in [-0.25, -0.2) is 18.0 Å². The van der Waals surface area contributed by atoms with Crippen molar-refractivity contribution in [2.75, 3.05) is 6.61 Å². The molecule has 0 aliphatic heterocycles. The average Bonchev–Trinajstić information content (AvgIpc) is 2.83. The SMILES string of the molecule is CCOC(=O)c1cn([C@@H](C(C)(C)C)C(C)(C)O[Si]C(C)(C)C)c2cc(F)c(CCc3ccc(F)cc3F)cc2c1=O. The van der Waals surface area contributed by atoms with Crippen LogP contribution in [0.3, 0.4) is 0 Å². The summed E-state index contributed by atoms with van der Waals surface area (Å²) in [7, 11) is 0.162. The van der Waals surface area contributed by atoms with Crippen molar-refractivity contribution in [1.29, 1.82) is 0 Å². The highest BCUT2D eigenvalue weighted by Gasteiger charge is 2.42. The smallest absolute Gasteiger partial charge is 0.343 e. The molecule has 0 N–H and O–H groups in total. The van der Waals surface area contributed by atoms with Crippen LogP contribution in [0.5, 0.6) is 0 Å². The highest BCUT2D eigenvalue weighted by molar-refractivity contribution is 6.31. The number of hydrogen-bond acceptors (Lipinski definition) is 4. The number of nitrogens with zero attached hydrogens (tertiary/aromatic N) is 1. The Bertz CT molecular complexity index is 1490. The Labute approximate surface area is 243 Å². The summed E-state index contributed by atoms with van der Waals surface area (Å²) in [5.41, 5.74) is -1.25. The van der Waals surface area contributed by atoms with Gasteiger partial charge < -0.3 is 13.7 Å². The van der Waals surface area contributed by atoms with Gasteiger partial charge in [-0.2, -0.15) is 0 Å². The minimum Gasteiger partial charge on any atom is -0.462 e. The molecule has 1 heterocycles. The number of esters is 1. The Hall–Kier alpha value is -2.91. The number of carbonyl (C=O) groups is 1. The number of fused-ring (bicyclic) bond motifs is 1. The van der Waals surface area contributed by atoms with Crippen molar-refractivity contribution < 1.29 is 27.1 Å². The molecule has 1 aromatic heterocycles. The number of benzene rings is 2. The zero-order valence-electron chi connectivity index (χ0n) is 25.4. The molecule has 2 radical (unpaired) electrons. The largest absolute Gasteiger partial charge is 0.462 e. The van der Waals surface area contributed by atoms with E-state index in [1.54, 1.807) is 11.5 Å². The minimum atomic E-state index is -0.785. The molecule has 0 saturated carbocycles. The van der Waals surface area contributed by atoms with Crippen molar-refractivity contribution in [1.82, 2.24) is 4.57 Å². The summed E-state index contributed by atoms with van der Waals surface area (Å²) >= 11 is 0. The number of hydrogen-bond donors (Lipinski definition) is 0. The van der Waals surface area contributed by atoms with E-state index in [4.69, 9.17) is 9.16 Å². The van der Waals surface area contributed by atoms with E-state index in [2.05, 4.69) is 20.8 Å². The van der Waals surface area contributed by atoms with Gasteiger partial charge in [-0.05, 0) is 73.4 Å². The molecule has 0 bridgehead atoms. The van der Waals surface area contributed by atoms with E-state index < -0.39 is 45.9 Å². The van der Waals surface area contributed by atoms with Gasteiger partial charge in [0.25, 0.3) is 0 Å². The Morgan fingerprint density at radius 3 is 2.10 bits per heavy atom. The molecular formula is C32H40F3NO4Si. The van der Waals surface area contributed by atoms with Gasteiger partial charge in [-0.3, -0.25) is 4.79 Å². The Morgan fingerprint density at radius 2 is 1.54 bits per heavy atom. The molecular weight excluding hydrogens is 547 g/mol. The number of halogens is 3. The number of rotatable bonds is 9. The molecule has 0 aliphatic carbocycles. The lowest BCUT2D eigenvalue weighted by atomic mass is 9.77. The van der Waals surface area contributed by atoms with E-state index >= 15 is 4.39 Å². The Balaban J connectivity index is 2.25. The van der Waals surface area contributed by atoms with Crippen molar-refractivity contribution in [3.8, 4) is 0 Å². The summed E-state index contributed by atoms with van der Waals surface area (Å²) in [6.07, 6.45) is 1.62. The van der Waals surface area contributed by atoms with Gasteiger partial charge in [-0.1, -0.05) is 47.6 Å². The van der Waals surface area contributed by atoms with Gasteiger partial charge in [0.05, 0.1) is 23.8 Å². The molecule has 0 fully saturated rings. The molecule has 0 saturated heterocycles. The maximum atomic E-state index is 15.6. The lowest BCUT2D eigenvalue weighted by molar-refractivity contribution is -0.00151. The van der Waals surface area contributed by atoms with Gasteiger partial charge in [0.1, 0.15) is 23.0 Å². The normalized spacial score (nSPS) is 13.5. The first-order valence-electron chi connectivity index (χ1n) is 13.8. The fourth-order valence-electron chi connectivity index (χ4n) is 5.30. The third kappa shape index (κ3) is 7.68. The maximum absolute atomic E-state index is 15.6. The van der Waals surface area contributed by atoms with Crippen LogP contribution in [-0.2, 0) is 22.0 Å². The fraction of sp³-hybridized carbons (Fsp3) is 0.500. The van der Waals surface area contributed by atoms with Crippen molar-refractivity contribution >= 4 is 26.6 Å². The predicted molar refractivity (Wildman–Crippen MR) is 157 cm³/mol. The van der Waals surface area contributed by atoms with Crippen LogP contribution < -0.4 is 5.43 Å². The van der Waals surface area contributed by atoms with Crippen molar-refractivity contribution in [3.63, 3.8) is 0 Å². The van der Waals surface area contributed by atoms with Crippen molar-refractivity contribution in [2.24, 2.45) is 5.41 Å². The lowest BCUT2D eigenvalue weighted by Gasteiger charge is -2.45. The highest BCUT2D eigenvalue weighted by Crippen LogP contribution is 2.43. The van der Waals surface area contributed by atoms with Crippen molar-refractivity contribution in [2.45, 2.75) is 91.8 Å². The number of pyridine rings is 1. The average molecular weight is 588 g/mol. The van der Waals surface area contributed by atoms with E-state index in [-0.39, 0.29) is 56.3 Å². The number of aryl methyl sites for hydroxylation is 2. The maximum Gasteiger partial charge on any atom is 0.343 e. The van der Waals surface area contributed by atoms with Crippen molar-refractivity contribution in [3.05, 3.63) is 80.9 Å². The summed E-state index contributed by atoms with van der Waals surface area (Å²) in [6, 6.07) is 5.55. The van der Waals surface area contributed by atoms with Gasteiger partial charge in [0, 0.05) is 17.6 Å². The second-order valence-corrected chi connectivity index (χ2v) is 14.9. The van der Waals surface area contributed by atoms with Crippen LogP contribution in [-0.4, -0.2) is 32.5 Å². The minimum absolute atomic E-state index is 0.0669. The van der Waals surface area contributed by atoms with E-state index in [1.807, 2.05) is 34.6 Å². The number of carbonyl (C=O) groups excluding carboxylic acids is 1. The topological polar surface area (TPSA) is 57.5 Å². The number of aromatic nitrogens is 1. The summed E-state index contributed by atoms with van der Waals surface area (Å²) < 4.78 is 56.7. The summed E-state index contributed by atoms with van der Waals surface area (Å²) in [4.78, 5) is 26.6. The van der Waals surface area contributed by atoms with Gasteiger partial charge in [0.15, 0.2) is 0 Å². The van der Waals surface area contributed by atoms with E-state index in [1.165, 1.54) is 24.4 Å². The monoisotopic (exact) mass is 587 g/mol. The first kappa shape index (κ1) is 32.6. The summed E-state index contributed by atoms with van der Waals surface area (Å²) in [5, 5.41) is 0.0572. The second-order valence-electron chi connectivity index (χ2n) is 13.0. The lowest BCUT2D eigenvalue weighted by Crippen LogP contribution is -2.46. The molecule has 3 aromatic rings. The molecule has 1 atom stereocenters.